The summed E-state index contributed by atoms with van der Waals surface area (Å²) in [5.41, 5.74) is 4.92. The Kier molecular flexibility index (Phi) is 6.88. The van der Waals surface area contributed by atoms with Gasteiger partial charge in [0.25, 0.3) is 0 Å². The van der Waals surface area contributed by atoms with Crippen molar-refractivity contribution in [2.75, 3.05) is 0 Å². The Labute approximate surface area is 205 Å². The second kappa shape index (κ2) is 10.4. The van der Waals surface area contributed by atoms with E-state index in [2.05, 4.69) is 46.7 Å². The first-order valence-corrected chi connectivity index (χ1v) is 12.8. The van der Waals surface area contributed by atoms with Crippen molar-refractivity contribution in [1.29, 1.82) is 0 Å². The molecule has 2 unspecified atom stereocenters. The van der Waals surface area contributed by atoms with E-state index in [4.69, 9.17) is 4.98 Å². The molecule has 3 aromatic heterocycles. The average Bonchev–Trinajstić information content (AvgIpc) is 3.51. The van der Waals surface area contributed by atoms with Gasteiger partial charge in [-0.15, -0.1) is 10.2 Å². The second-order valence-electron chi connectivity index (χ2n) is 9.53. The van der Waals surface area contributed by atoms with Crippen molar-refractivity contribution in [2.45, 2.75) is 71.4 Å². The van der Waals surface area contributed by atoms with E-state index in [1.54, 1.807) is 0 Å². The number of nitrogens with zero attached hydrogens (tertiary/aromatic N) is 6. The molecule has 0 spiro atoms. The Hall–Kier alpha value is -3.55. The molecule has 35 heavy (non-hydrogen) atoms. The zero-order valence-electron chi connectivity index (χ0n) is 20.5. The maximum atomic E-state index is 13.5. The number of tetrazole rings is 1. The lowest BCUT2D eigenvalue weighted by atomic mass is 9.77. The fourth-order valence-corrected chi connectivity index (χ4v) is 5.17. The van der Waals surface area contributed by atoms with E-state index in [0.717, 1.165) is 53.8 Å². The van der Waals surface area contributed by atoms with Gasteiger partial charge in [-0.1, -0.05) is 57.0 Å². The van der Waals surface area contributed by atoms with Crippen molar-refractivity contribution < 1.29 is 0 Å². The largest absolute Gasteiger partial charge is 0.328 e. The maximum absolute atomic E-state index is 13.5. The topological polar surface area (TPSA) is 94.3 Å². The van der Waals surface area contributed by atoms with Crippen molar-refractivity contribution in [2.24, 2.45) is 5.92 Å². The molecule has 0 radical (unpaired) electrons. The van der Waals surface area contributed by atoms with Crippen LogP contribution in [0.2, 0.25) is 0 Å². The van der Waals surface area contributed by atoms with Crippen LogP contribution in [0.15, 0.2) is 53.6 Å². The smallest absolute Gasteiger partial charge is 0.296 e. The molecule has 1 aliphatic rings. The minimum Gasteiger partial charge on any atom is -0.296 e. The van der Waals surface area contributed by atoms with Gasteiger partial charge in [-0.2, -0.15) is 5.21 Å². The van der Waals surface area contributed by atoms with Gasteiger partial charge in [0.05, 0.1) is 12.2 Å². The second-order valence-corrected chi connectivity index (χ2v) is 9.53. The third kappa shape index (κ3) is 4.70. The number of H-pyrrole nitrogens is 1. The number of aromatic amines is 1. The summed E-state index contributed by atoms with van der Waals surface area (Å²) in [6.07, 6.45) is 11.8. The van der Waals surface area contributed by atoms with Gasteiger partial charge in [-0.3, -0.25) is 14.1 Å². The Morgan fingerprint density at radius 1 is 1.06 bits per heavy atom. The summed E-state index contributed by atoms with van der Waals surface area (Å²) in [6.45, 7) is 4.96. The summed E-state index contributed by atoms with van der Waals surface area (Å²) >= 11 is 0. The number of imidazole rings is 1. The Morgan fingerprint density at radius 2 is 1.91 bits per heavy atom. The van der Waals surface area contributed by atoms with Crippen molar-refractivity contribution in [3.05, 3.63) is 70.5 Å². The van der Waals surface area contributed by atoms with Crippen LogP contribution in [0.25, 0.3) is 22.6 Å². The highest BCUT2D eigenvalue weighted by Crippen LogP contribution is 2.41. The number of hydrogen-bond acceptors (Lipinski definition) is 5. The fraction of sp³-hybridized carbons (Fsp3) is 0.444. The summed E-state index contributed by atoms with van der Waals surface area (Å²) in [5.74, 6) is 1.17. The number of pyridine rings is 1. The molecule has 182 valence electrons. The van der Waals surface area contributed by atoms with E-state index in [1.807, 2.05) is 45.7 Å². The predicted octanol–water partition coefficient (Wildman–Crippen LogP) is 5.03. The summed E-state index contributed by atoms with van der Waals surface area (Å²) in [6, 6.07) is 12.3. The number of unbranched alkanes of at least 4 members (excludes halogenated alkanes) is 1. The lowest BCUT2D eigenvalue weighted by molar-refractivity contribution is 0.164. The highest BCUT2D eigenvalue weighted by atomic mass is 16.1. The summed E-state index contributed by atoms with van der Waals surface area (Å²) in [5, 5.41) is 14.4. The van der Waals surface area contributed by atoms with Crippen LogP contribution in [0.1, 0.15) is 69.7 Å². The Balaban J connectivity index is 1.41. The van der Waals surface area contributed by atoms with Crippen LogP contribution in [0, 0.1) is 5.92 Å². The monoisotopic (exact) mass is 471 g/mol. The van der Waals surface area contributed by atoms with E-state index in [1.165, 1.54) is 19.3 Å². The number of aromatic nitrogens is 7. The molecular weight excluding hydrogens is 438 g/mol. The van der Waals surface area contributed by atoms with Gasteiger partial charge in [0.1, 0.15) is 0 Å². The van der Waals surface area contributed by atoms with E-state index >= 15 is 0 Å². The number of rotatable bonds is 10. The van der Waals surface area contributed by atoms with Crippen molar-refractivity contribution in [1.82, 2.24) is 34.7 Å². The molecule has 2 atom stereocenters. The quantitative estimate of drug-likeness (QED) is 0.350. The van der Waals surface area contributed by atoms with Crippen molar-refractivity contribution in [3.8, 4) is 22.6 Å². The zero-order chi connectivity index (χ0) is 24.2. The molecule has 8 nitrogen and oxygen atoms in total. The number of aryl methyl sites for hydroxylation is 1. The van der Waals surface area contributed by atoms with Crippen molar-refractivity contribution in [3.63, 3.8) is 0 Å². The molecule has 1 saturated carbocycles. The van der Waals surface area contributed by atoms with Gasteiger partial charge < -0.3 is 0 Å². The zero-order valence-corrected chi connectivity index (χ0v) is 20.5. The average molecular weight is 472 g/mol. The van der Waals surface area contributed by atoms with E-state index in [-0.39, 0.29) is 5.69 Å². The third-order valence-corrected chi connectivity index (χ3v) is 7.22. The van der Waals surface area contributed by atoms with Crippen molar-refractivity contribution >= 4 is 0 Å². The standard InChI is InChI=1S/C27H33N7O/c1-3-5-9-21-18-34(25-15-13-20(25)8-4-2)27(35)33(21)17-19-12-14-24(28-16-19)22-10-6-7-11-23(22)26-29-31-32-30-26/h6-7,10-12,14,16,18,20,25H,3-5,8-9,13,15,17H2,1-2H3,(H,29,30,31,32). The van der Waals surface area contributed by atoms with Crippen LogP contribution in [0.4, 0.5) is 0 Å². The first-order valence-electron chi connectivity index (χ1n) is 12.8. The molecule has 1 aromatic carbocycles. The molecule has 8 heteroatoms. The summed E-state index contributed by atoms with van der Waals surface area (Å²) in [4.78, 5) is 18.2. The molecule has 4 aromatic rings. The van der Waals surface area contributed by atoms with E-state index in [9.17, 15) is 4.79 Å². The number of hydrogen-bond donors (Lipinski definition) is 1. The molecule has 0 bridgehead atoms. The van der Waals surface area contributed by atoms with Crippen LogP contribution >= 0.6 is 0 Å². The minimum atomic E-state index is 0.119. The van der Waals surface area contributed by atoms with E-state index in [0.29, 0.717) is 24.3 Å². The van der Waals surface area contributed by atoms with Gasteiger partial charge in [0.2, 0.25) is 5.82 Å². The molecular formula is C27H33N7O. The Bertz CT molecular complexity index is 1300. The molecule has 5 rings (SSSR count). The minimum absolute atomic E-state index is 0.119. The highest BCUT2D eigenvalue weighted by molar-refractivity contribution is 5.78. The highest BCUT2D eigenvalue weighted by Gasteiger charge is 2.33. The van der Waals surface area contributed by atoms with Gasteiger partial charge in [-0.25, -0.2) is 4.79 Å². The normalized spacial score (nSPS) is 17.4. The predicted molar refractivity (Wildman–Crippen MR) is 136 cm³/mol. The summed E-state index contributed by atoms with van der Waals surface area (Å²) in [7, 11) is 0. The molecule has 1 N–H and O–H groups in total. The Morgan fingerprint density at radius 3 is 2.57 bits per heavy atom. The van der Waals surface area contributed by atoms with Gasteiger partial charge in [-0.05, 0) is 54.9 Å². The van der Waals surface area contributed by atoms with Crippen LogP contribution in [-0.4, -0.2) is 34.7 Å². The first-order chi connectivity index (χ1) is 17.2. The lowest BCUT2D eigenvalue weighted by Crippen LogP contribution is -2.36. The number of nitrogens with one attached hydrogen (secondary N) is 1. The van der Waals surface area contributed by atoms with Gasteiger partial charge >= 0.3 is 5.69 Å². The SMILES string of the molecule is CCCCc1cn(C2CCC2CCC)c(=O)n1Cc1ccc(-c2ccccc2-c2nn[nH]n2)nc1. The molecule has 0 aliphatic heterocycles. The number of benzene rings is 1. The van der Waals surface area contributed by atoms with Gasteiger partial charge in [0, 0.05) is 35.3 Å². The third-order valence-electron chi connectivity index (χ3n) is 7.22. The van der Waals surface area contributed by atoms with Crippen LogP contribution in [0.3, 0.4) is 0 Å². The van der Waals surface area contributed by atoms with Crippen LogP contribution < -0.4 is 5.69 Å². The molecule has 1 fully saturated rings. The van der Waals surface area contributed by atoms with E-state index < -0.39 is 0 Å². The van der Waals surface area contributed by atoms with Crippen LogP contribution in [0.5, 0.6) is 0 Å². The van der Waals surface area contributed by atoms with Gasteiger partial charge in [0.15, 0.2) is 0 Å². The van der Waals surface area contributed by atoms with Crippen LogP contribution in [-0.2, 0) is 13.0 Å². The summed E-state index contributed by atoms with van der Waals surface area (Å²) < 4.78 is 3.98. The molecule has 1 aliphatic carbocycles. The molecule has 3 heterocycles. The molecule has 0 saturated heterocycles. The lowest BCUT2D eigenvalue weighted by Gasteiger charge is -2.37. The molecule has 0 amide bonds. The first kappa shape index (κ1) is 23.2. The maximum Gasteiger partial charge on any atom is 0.328 e. The fourth-order valence-electron chi connectivity index (χ4n) is 5.17.